The van der Waals surface area contributed by atoms with Gasteiger partial charge in [0, 0.05) is 12.8 Å². The largest absolute Gasteiger partial charge is 0.303 e. The fourth-order valence-corrected chi connectivity index (χ4v) is 5.55. The Balaban J connectivity index is 2.45. The van der Waals surface area contributed by atoms with Crippen molar-refractivity contribution in [3.63, 3.8) is 0 Å². The molecule has 0 aliphatic carbocycles. The average molecular weight is 527 g/mol. The molecular weight excluding hydrogens is 503 g/mol. The number of piperidine rings is 1. The summed E-state index contributed by atoms with van der Waals surface area (Å²) >= 11 is 0. The van der Waals surface area contributed by atoms with E-state index in [-0.39, 0.29) is 5.47 Å². The highest BCUT2D eigenvalue weighted by Gasteiger charge is 2.44. The summed E-state index contributed by atoms with van der Waals surface area (Å²) in [5, 5.41) is 0. The zero-order valence-electron chi connectivity index (χ0n) is 20.2. The second-order valence-corrected chi connectivity index (χ2v) is 10.7. The maximum atomic E-state index is 14.9. The van der Waals surface area contributed by atoms with Gasteiger partial charge in [-0.25, -0.2) is 43.9 Å². The first kappa shape index (κ1) is 28.1. The van der Waals surface area contributed by atoms with Crippen LogP contribution >= 0.6 is 0 Å². The summed E-state index contributed by atoms with van der Waals surface area (Å²) in [5.74, 6) is -24.3. The van der Waals surface area contributed by atoms with Crippen LogP contribution in [0.4, 0.5) is 43.9 Å². The van der Waals surface area contributed by atoms with Crippen LogP contribution in [0.3, 0.4) is 0 Å². The third kappa shape index (κ3) is 4.41. The molecule has 1 aliphatic rings. The minimum Gasteiger partial charge on any atom is -0.303 e. The molecule has 198 valence electrons. The van der Waals surface area contributed by atoms with Gasteiger partial charge in [-0.15, -0.1) is 10.9 Å². The van der Waals surface area contributed by atoms with E-state index in [9.17, 15) is 43.9 Å². The highest BCUT2D eigenvalue weighted by Crippen LogP contribution is 2.25. The molecule has 1 saturated heterocycles. The lowest BCUT2D eigenvalue weighted by molar-refractivity contribution is -0.954. The molecule has 3 rings (SSSR count). The molecule has 1 N–H and O–H groups in total. The van der Waals surface area contributed by atoms with Crippen molar-refractivity contribution < 1.29 is 48.8 Å². The molecule has 1 nitrogen and oxygen atoms in total. The van der Waals surface area contributed by atoms with Crippen molar-refractivity contribution in [1.29, 1.82) is 0 Å². The van der Waals surface area contributed by atoms with Crippen LogP contribution in [0, 0.1) is 58.2 Å². The van der Waals surface area contributed by atoms with Gasteiger partial charge in [0.2, 0.25) is 0 Å². The maximum absolute atomic E-state index is 14.9. The number of hydrogen-bond donors (Lipinski definition) is 1. The van der Waals surface area contributed by atoms with Crippen LogP contribution < -0.4 is 15.8 Å². The number of benzene rings is 2. The highest BCUT2D eigenvalue weighted by molar-refractivity contribution is 6.91. The Morgan fingerprint density at radius 3 is 1.17 bits per heavy atom. The molecule has 0 bridgehead atoms. The van der Waals surface area contributed by atoms with Gasteiger partial charge in [-0.2, -0.15) is 5.47 Å². The number of rotatable bonds is 4. The van der Waals surface area contributed by atoms with E-state index in [4.69, 9.17) is 0 Å². The Hall–Kier alpha value is -2.50. The third-order valence-electron chi connectivity index (χ3n) is 7.32. The summed E-state index contributed by atoms with van der Waals surface area (Å²) in [6.45, 7) is 4.77. The Labute approximate surface area is 201 Å². The first-order valence-corrected chi connectivity index (χ1v) is 11.2. The predicted molar refractivity (Wildman–Crippen MR) is 116 cm³/mol. The van der Waals surface area contributed by atoms with Gasteiger partial charge in [-0.05, 0) is 34.1 Å². The summed E-state index contributed by atoms with van der Waals surface area (Å²) in [7, 11) is 0. The molecule has 0 saturated carbocycles. The van der Waals surface area contributed by atoms with Crippen LogP contribution in [0.5, 0.6) is 0 Å². The Morgan fingerprint density at radius 2 is 0.861 bits per heavy atom. The van der Waals surface area contributed by atoms with Crippen molar-refractivity contribution in [2.24, 2.45) is 0 Å². The van der Waals surface area contributed by atoms with E-state index in [0.717, 1.165) is 13.3 Å². The van der Waals surface area contributed by atoms with Crippen LogP contribution in [0.15, 0.2) is 11.7 Å². The lowest BCUT2D eigenvalue weighted by Gasteiger charge is -2.48. The second-order valence-electron chi connectivity index (χ2n) is 10.7. The van der Waals surface area contributed by atoms with Crippen molar-refractivity contribution in [1.82, 2.24) is 0 Å². The number of halogens is 10. The molecule has 1 fully saturated rings. The Bertz CT molecular complexity index is 1110. The molecule has 2 aromatic carbocycles. The first-order valence-electron chi connectivity index (χ1n) is 11.2. The number of quaternary nitrogens is 1. The molecule has 1 aliphatic heterocycles. The fourth-order valence-electron chi connectivity index (χ4n) is 5.55. The van der Waals surface area contributed by atoms with Gasteiger partial charge < -0.3 is 4.90 Å². The van der Waals surface area contributed by atoms with E-state index in [1.54, 1.807) is 0 Å². The van der Waals surface area contributed by atoms with Gasteiger partial charge in [0.15, 0.2) is 34.9 Å². The van der Waals surface area contributed by atoms with Gasteiger partial charge in [0.05, 0.1) is 24.0 Å². The molecular formula is C24H24BF10N. The topological polar surface area (TPSA) is 4.44 Å². The van der Waals surface area contributed by atoms with Crippen molar-refractivity contribution in [2.45, 2.75) is 65.0 Å². The molecule has 0 atom stereocenters. The lowest BCUT2D eigenvalue weighted by Crippen LogP contribution is -3.23. The minimum absolute atomic E-state index is 0.292. The van der Waals surface area contributed by atoms with Crippen LogP contribution in [0.25, 0.3) is 0 Å². The summed E-state index contributed by atoms with van der Waals surface area (Å²) in [5.41, 5.74) is -4.66. The third-order valence-corrected chi connectivity index (χ3v) is 7.32. The molecule has 0 spiro atoms. The van der Waals surface area contributed by atoms with E-state index in [1.807, 2.05) is 27.7 Å². The summed E-state index contributed by atoms with van der Waals surface area (Å²) < 4.78 is 143. The monoisotopic (exact) mass is 527 g/mol. The zero-order chi connectivity index (χ0) is 27.5. The number of nitrogens with one attached hydrogen (secondary N) is 1. The molecule has 2 aromatic rings. The first-order chi connectivity index (χ1) is 16.5. The smallest absolute Gasteiger partial charge is 0.200 e. The number of likely N-dealkylation sites (tertiary alicyclic amines) is 1. The predicted octanol–water partition coefficient (Wildman–Crippen LogP) is 4.49. The van der Waals surface area contributed by atoms with Gasteiger partial charge in [0.25, 0.3) is 0 Å². The van der Waals surface area contributed by atoms with Crippen molar-refractivity contribution in [3.8, 4) is 0 Å². The molecule has 0 amide bonds. The number of hydrogen-bond acceptors (Lipinski definition) is 0. The Morgan fingerprint density at radius 1 is 0.583 bits per heavy atom. The van der Waals surface area contributed by atoms with E-state index < -0.39 is 86.9 Å². The quantitative estimate of drug-likeness (QED) is 0.259. The van der Waals surface area contributed by atoms with Crippen LogP contribution in [0.1, 0.15) is 53.9 Å². The van der Waals surface area contributed by atoms with Gasteiger partial charge in [0.1, 0.15) is 23.3 Å². The number of allylic oxidation sites excluding steroid dienone is 1. The normalized spacial score (nSPS) is 18.3. The van der Waals surface area contributed by atoms with E-state index >= 15 is 0 Å². The van der Waals surface area contributed by atoms with E-state index in [0.29, 0.717) is 17.7 Å². The molecule has 0 unspecified atom stereocenters. The Kier molecular flexibility index (Phi) is 7.35. The van der Waals surface area contributed by atoms with Crippen molar-refractivity contribution >= 4 is 17.6 Å². The van der Waals surface area contributed by atoms with Crippen LogP contribution in [-0.4, -0.2) is 17.8 Å². The average Bonchev–Trinajstić information content (AvgIpc) is 2.80. The SMILES string of the molecule is C/C(=C/[NH+]1C(C)(C)CCCC1(C)C)[BH-](c1c(F)c(F)c(F)c(F)c1F)c1c(F)c(F)c(F)c(F)c1F. The minimum atomic E-state index is -3.71. The van der Waals surface area contributed by atoms with Gasteiger partial charge in [-0.1, -0.05) is 6.92 Å². The van der Waals surface area contributed by atoms with Crippen molar-refractivity contribution in [2.75, 3.05) is 0 Å². The maximum Gasteiger partial charge on any atom is 0.200 e. The molecule has 12 heteroatoms. The fraction of sp³-hybridized carbons (Fsp3) is 0.417. The summed E-state index contributed by atoms with van der Waals surface area (Å²) in [4.78, 5) is 0.643. The second kappa shape index (κ2) is 9.43. The molecule has 36 heavy (non-hydrogen) atoms. The van der Waals surface area contributed by atoms with Gasteiger partial charge in [-0.3, -0.25) is 0 Å². The van der Waals surface area contributed by atoms with Crippen molar-refractivity contribution in [3.05, 3.63) is 69.8 Å². The molecule has 0 aromatic heterocycles. The van der Waals surface area contributed by atoms with Gasteiger partial charge >= 0.3 is 0 Å². The highest BCUT2D eigenvalue weighted by atomic mass is 19.2. The lowest BCUT2D eigenvalue weighted by atomic mass is 9.36. The zero-order valence-corrected chi connectivity index (χ0v) is 20.2. The van der Waals surface area contributed by atoms with E-state index in [2.05, 4.69) is 0 Å². The summed E-state index contributed by atoms with van der Waals surface area (Å²) in [6, 6.07) is 0. The van der Waals surface area contributed by atoms with E-state index in [1.165, 1.54) is 6.20 Å². The molecule has 1 heterocycles. The standard InChI is InChI=1S/C24H23BF10N/c1-10(9-36-23(2,3)7-6-8-24(36,4)5)25(11-13(26)17(30)21(34)18(31)14(11)27)12-15(28)19(32)22(35)20(33)16(12)29/h9,25H,6-8H2,1-5H3/q-1/p+1/b10-9-. The molecule has 0 radical (unpaired) electrons. The van der Waals surface area contributed by atoms with Crippen LogP contribution in [-0.2, 0) is 0 Å². The van der Waals surface area contributed by atoms with Crippen LogP contribution in [0.2, 0.25) is 0 Å². The summed E-state index contributed by atoms with van der Waals surface area (Å²) in [6.07, 6.45) is 3.44.